The summed E-state index contributed by atoms with van der Waals surface area (Å²) < 4.78 is 0. The summed E-state index contributed by atoms with van der Waals surface area (Å²) in [5.74, 6) is -0.0564. The lowest BCUT2D eigenvalue weighted by Gasteiger charge is -2.25. The van der Waals surface area contributed by atoms with Crippen molar-refractivity contribution >= 4 is 17.5 Å². The molecule has 0 spiro atoms. The van der Waals surface area contributed by atoms with Crippen LogP contribution >= 0.6 is 0 Å². The molecule has 0 unspecified atom stereocenters. The van der Waals surface area contributed by atoms with Crippen LogP contribution in [0.2, 0.25) is 0 Å². The topological polar surface area (TPSA) is 49.4 Å². The van der Waals surface area contributed by atoms with Crippen molar-refractivity contribution in [2.75, 3.05) is 18.0 Å². The molecule has 0 aliphatic carbocycles. The first-order valence-electron chi connectivity index (χ1n) is 8.55. The van der Waals surface area contributed by atoms with E-state index in [4.69, 9.17) is 0 Å². The largest absolute Gasteiger partial charge is 0.354 e. The van der Waals surface area contributed by atoms with Crippen LogP contribution in [0, 0.1) is 20.8 Å². The Balaban J connectivity index is 1.94. The molecule has 25 heavy (non-hydrogen) atoms. The normalized spacial score (nSPS) is 10.4. The zero-order valence-electron chi connectivity index (χ0n) is 15.4. The molecule has 132 valence electrons. The van der Waals surface area contributed by atoms with Crippen molar-refractivity contribution in [1.82, 2.24) is 5.32 Å². The third-order valence-electron chi connectivity index (χ3n) is 4.23. The summed E-state index contributed by atoms with van der Waals surface area (Å²) in [5.41, 5.74) is 5.21. The van der Waals surface area contributed by atoms with Gasteiger partial charge in [0.15, 0.2) is 0 Å². The van der Waals surface area contributed by atoms with Crippen LogP contribution in [-0.2, 0) is 16.0 Å². The Morgan fingerprint density at radius 2 is 1.56 bits per heavy atom. The molecular weight excluding hydrogens is 312 g/mol. The van der Waals surface area contributed by atoms with E-state index in [1.165, 1.54) is 5.56 Å². The van der Waals surface area contributed by atoms with Crippen molar-refractivity contribution in [1.29, 1.82) is 0 Å². The average molecular weight is 338 g/mol. The Morgan fingerprint density at radius 1 is 0.960 bits per heavy atom. The van der Waals surface area contributed by atoms with E-state index >= 15 is 0 Å². The van der Waals surface area contributed by atoms with Gasteiger partial charge in [0, 0.05) is 25.7 Å². The number of nitrogens with one attached hydrogen (secondary N) is 1. The Morgan fingerprint density at radius 3 is 2.12 bits per heavy atom. The van der Waals surface area contributed by atoms with Gasteiger partial charge in [-0.15, -0.1) is 0 Å². The molecule has 2 aromatic rings. The predicted molar refractivity (Wildman–Crippen MR) is 102 cm³/mol. The second-order valence-corrected chi connectivity index (χ2v) is 6.42. The van der Waals surface area contributed by atoms with Crippen LogP contribution in [-0.4, -0.2) is 24.9 Å². The summed E-state index contributed by atoms with van der Waals surface area (Å²) in [6, 6.07) is 13.9. The number of carbonyl (C=O) groups excluding carboxylic acids is 2. The van der Waals surface area contributed by atoms with Gasteiger partial charge >= 0.3 is 0 Å². The lowest BCUT2D eigenvalue weighted by atomic mass is 10.1. The maximum Gasteiger partial charge on any atom is 0.224 e. The maximum absolute atomic E-state index is 12.1. The number of anilines is 1. The Kier molecular flexibility index (Phi) is 6.34. The molecule has 0 atom stereocenters. The van der Waals surface area contributed by atoms with Crippen molar-refractivity contribution in [2.45, 2.75) is 34.1 Å². The number of benzene rings is 2. The molecule has 0 aliphatic heterocycles. The van der Waals surface area contributed by atoms with Crippen LogP contribution in [0.25, 0.3) is 0 Å². The fourth-order valence-electron chi connectivity index (χ4n) is 2.92. The third-order valence-corrected chi connectivity index (χ3v) is 4.23. The summed E-state index contributed by atoms with van der Waals surface area (Å²) in [4.78, 5) is 25.9. The predicted octanol–water partition coefficient (Wildman–Crippen LogP) is 3.32. The van der Waals surface area contributed by atoms with E-state index in [0.717, 1.165) is 22.4 Å². The third kappa shape index (κ3) is 5.18. The number of hydrogen-bond acceptors (Lipinski definition) is 2. The molecule has 4 heteroatoms. The van der Waals surface area contributed by atoms with Crippen LogP contribution < -0.4 is 10.2 Å². The van der Waals surface area contributed by atoms with Crippen molar-refractivity contribution in [3.05, 3.63) is 64.7 Å². The molecule has 0 radical (unpaired) electrons. The van der Waals surface area contributed by atoms with Gasteiger partial charge in [0.05, 0.1) is 6.42 Å². The van der Waals surface area contributed by atoms with Gasteiger partial charge in [-0.2, -0.15) is 0 Å². The lowest BCUT2D eigenvalue weighted by Crippen LogP contribution is -2.38. The molecule has 2 rings (SSSR count). The van der Waals surface area contributed by atoms with Gasteiger partial charge in [0.25, 0.3) is 0 Å². The van der Waals surface area contributed by atoms with Crippen LogP contribution in [0.3, 0.4) is 0 Å². The molecule has 0 aromatic heterocycles. The standard InChI is InChI=1S/C21H26N2O2/c1-15-8-10-19(11-9-15)14-20(25)22-12-13-23(18(4)24)21-16(2)6-5-7-17(21)3/h5-11H,12-14H2,1-4H3,(H,22,25). The SMILES string of the molecule is CC(=O)N(CCNC(=O)Cc1ccc(C)cc1)c1c(C)cccc1C. The van der Waals surface area contributed by atoms with Crippen molar-refractivity contribution in [3.63, 3.8) is 0 Å². The van der Waals surface area contributed by atoms with E-state index in [9.17, 15) is 9.59 Å². The summed E-state index contributed by atoms with van der Waals surface area (Å²) in [6.07, 6.45) is 0.351. The molecule has 0 saturated carbocycles. The fourth-order valence-corrected chi connectivity index (χ4v) is 2.92. The maximum atomic E-state index is 12.1. The van der Waals surface area contributed by atoms with Crippen molar-refractivity contribution in [3.8, 4) is 0 Å². The molecule has 0 bridgehead atoms. The molecule has 1 N–H and O–H groups in total. The Hall–Kier alpha value is -2.62. The number of carbonyl (C=O) groups is 2. The molecular formula is C21H26N2O2. The van der Waals surface area contributed by atoms with E-state index in [2.05, 4.69) is 5.32 Å². The smallest absolute Gasteiger partial charge is 0.224 e. The highest BCUT2D eigenvalue weighted by atomic mass is 16.2. The van der Waals surface area contributed by atoms with Gasteiger partial charge in [0.2, 0.25) is 11.8 Å². The van der Waals surface area contributed by atoms with Gasteiger partial charge in [0.1, 0.15) is 0 Å². The van der Waals surface area contributed by atoms with Crippen LogP contribution in [0.5, 0.6) is 0 Å². The number of rotatable bonds is 6. The zero-order chi connectivity index (χ0) is 18.4. The first-order valence-corrected chi connectivity index (χ1v) is 8.55. The Bertz CT molecular complexity index is 731. The summed E-state index contributed by atoms with van der Waals surface area (Å²) >= 11 is 0. The zero-order valence-corrected chi connectivity index (χ0v) is 15.4. The first-order chi connectivity index (χ1) is 11.9. The quantitative estimate of drug-likeness (QED) is 0.878. The van der Waals surface area contributed by atoms with Gasteiger partial charge in [-0.25, -0.2) is 0 Å². The van der Waals surface area contributed by atoms with E-state index in [-0.39, 0.29) is 11.8 Å². The highest BCUT2D eigenvalue weighted by Crippen LogP contribution is 2.24. The highest BCUT2D eigenvalue weighted by Gasteiger charge is 2.16. The van der Waals surface area contributed by atoms with Gasteiger partial charge < -0.3 is 10.2 Å². The molecule has 2 aromatic carbocycles. The van der Waals surface area contributed by atoms with Crippen LogP contribution in [0.4, 0.5) is 5.69 Å². The van der Waals surface area contributed by atoms with Crippen molar-refractivity contribution < 1.29 is 9.59 Å². The second kappa shape index (κ2) is 8.47. The molecule has 4 nitrogen and oxygen atoms in total. The Labute approximate surface area is 149 Å². The minimum absolute atomic E-state index is 0.0230. The van der Waals surface area contributed by atoms with Gasteiger partial charge in [-0.05, 0) is 37.5 Å². The minimum atomic E-state index is -0.0335. The van der Waals surface area contributed by atoms with Gasteiger partial charge in [-0.3, -0.25) is 9.59 Å². The first kappa shape index (κ1) is 18.7. The summed E-state index contributed by atoms with van der Waals surface area (Å²) in [7, 11) is 0. The number of para-hydroxylation sites is 1. The monoisotopic (exact) mass is 338 g/mol. The van der Waals surface area contributed by atoms with E-state index in [1.54, 1.807) is 11.8 Å². The number of aryl methyl sites for hydroxylation is 3. The average Bonchev–Trinajstić information content (AvgIpc) is 2.55. The summed E-state index contributed by atoms with van der Waals surface area (Å²) in [6.45, 7) is 8.45. The number of nitrogens with zero attached hydrogens (tertiary/aromatic N) is 1. The molecule has 0 fully saturated rings. The lowest BCUT2D eigenvalue weighted by molar-refractivity contribution is -0.121. The van der Waals surface area contributed by atoms with Crippen LogP contribution in [0.15, 0.2) is 42.5 Å². The number of hydrogen-bond donors (Lipinski definition) is 1. The second-order valence-electron chi connectivity index (χ2n) is 6.42. The highest BCUT2D eigenvalue weighted by molar-refractivity contribution is 5.93. The van der Waals surface area contributed by atoms with E-state index < -0.39 is 0 Å². The summed E-state index contributed by atoms with van der Waals surface area (Å²) in [5, 5.41) is 2.91. The van der Waals surface area contributed by atoms with Gasteiger partial charge in [-0.1, -0.05) is 48.0 Å². The molecule has 2 amide bonds. The van der Waals surface area contributed by atoms with E-state index in [1.807, 2.05) is 63.2 Å². The molecule has 0 heterocycles. The van der Waals surface area contributed by atoms with Crippen molar-refractivity contribution in [2.24, 2.45) is 0 Å². The minimum Gasteiger partial charge on any atom is -0.354 e. The number of amides is 2. The molecule has 0 saturated heterocycles. The molecule has 0 aliphatic rings. The van der Waals surface area contributed by atoms with E-state index in [0.29, 0.717) is 19.5 Å². The van der Waals surface area contributed by atoms with Crippen LogP contribution in [0.1, 0.15) is 29.2 Å². The fraction of sp³-hybridized carbons (Fsp3) is 0.333.